The number of amides is 1. The lowest BCUT2D eigenvalue weighted by Crippen LogP contribution is -2.37. The first-order valence-electron chi connectivity index (χ1n) is 21.7. The molecule has 4 aromatic carbocycles. The summed E-state index contributed by atoms with van der Waals surface area (Å²) in [7, 11) is -4.55. The normalized spacial score (nSPS) is 19.7. The van der Waals surface area contributed by atoms with Gasteiger partial charge in [-0.1, -0.05) is 42.5 Å². The third-order valence-corrected chi connectivity index (χ3v) is 14.0. The fourth-order valence-corrected chi connectivity index (χ4v) is 10.3. The fourth-order valence-electron chi connectivity index (χ4n) is 9.35. The summed E-state index contributed by atoms with van der Waals surface area (Å²) in [6.45, 7) is 2.76. The third kappa shape index (κ3) is 9.55. The SMILES string of the molecule is O=C(NS(=O)(=O)c1ccc(NCC2CCOCC2)c([N+](=O)[O-])c1)c1ccc(C2CCC(N3CCCC3c3ccccc3Oc3ccccc3)CC2)cc1Oc1cnc2[nH]ccc2c1. The van der Waals surface area contributed by atoms with Crippen LogP contribution >= 0.6 is 0 Å². The average Bonchev–Trinajstić information content (AvgIpc) is 3.99. The lowest BCUT2D eigenvalue weighted by atomic mass is 9.80. The number of anilines is 1. The van der Waals surface area contributed by atoms with Gasteiger partial charge >= 0.3 is 0 Å². The van der Waals surface area contributed by atoms with E-state index in [0.29, 0.717) is 37.2 Å². The van der Waals surface area contributed by atoms with Crippen molar-refractivity contribution < 1.29 is 32.3 Å². The van der Waals surface area contributed by atoms with Crippen molar-refractivity contribution in [2.75, 3.05) is 31.6 Å². The quantitative estimate of drug-likeness (QED) is 0.0701. The number of nitrogens with one attached hydrogen (secondary N) is 3. The molecule has 326 valence electrons. The number of ether oxygens (including phenoxy) is 3. The Morgan fingerprint density at radius 2 is 1.63 bits per heavy atom. The molecular formula is C48H50N6O8S. The highest BCUT2D eigenvalue weighted by Gasteiger charge is 2.36. The zero-order valence-electron chi connectivity index (χ0n) is 34.8. The molecule has 1 amide bonds. The molecule has 0 spiro atoms. The summed E-state index contributed by atoms with van der Waals surface area (Å²) in [6.07, 6.45) is 11.0. The van der Waals surface area contributed by atoms with Crippen LogP contribution in [0.4, 0.5) is 11.4 Å². The van der Waals surface area contributed by atoms with Gasteiger partial charge in [-0.15, -0.1) is 0 Å². The molecule has 1 saturated carbocycles. The Bertz CT molecular complexity index is 2700. The van der Waals surface area contributed by atoms with Gasteiger partial charge in [0.15, 0.2) is 0 Å². The van der Waals surface area contributed by atoms with Gasteiger partial charge in [-0.3, -0.25) is 19.8 Å². The predicted molar refractivity (Wildman–Crippen MR) is 239 cm³/mol. The zero-order valence-corrected chi connectivity index (χ0v) is 35.6. The number of nitrogens with zero attached hydrogens (tertiary/aromatic N) is 3. The summed E-state index contributed by atoms with van der Waals surface area (Å²) in [5.41, 5.74) is 2.64. The highest BCUT2D eigenvalue weighted by atomic mass is 32.2. The van der Waals surface area contributed by atoms with Crippen molar-refractivity contribution >= 4 is 38.3 Å². The highest BCUT2D eigenvalue weighted by Crippen LogP contribution is 2.45. The van der Waals surface area contributed by atoms with Crippen LogP contribution in [0.1, 0.15) is 84.8 Å². The van der Waals surface area contributed by atoms with Crippen LogP contribution in [0.25, 0.3) is 11.0 Å². The Morgan fingerprint density at radius 3 is 2.44 bits per heavy atom. The molecule has 3 N–H and O–H groups in total. The molecule has 3 fully saturated rings. The largest absolute Gasteiger partial charge is 0.457 e. The maximum atomic E-state index is 14.0. The smallest absolute Gasteiger partial charge is 0.293 e. The lowest BCUT2D eigenvalue weighted by molar-refractivity contribution is -0.384. The lowest BCUT2D eigenvalue weighted by Gasteiger charge is -2.38. The van der Waals surface area contributed by atoms with Crippen LogP contribution in [0.5, 0.6) is 23.0 Å². The van der Waals surface area contributed by atoms with E-state index in [1.165, 1.54) is 17.7 Å². The van der Waals surface area contributed by atoms with Crippen LogP contribution < -0.4 is 19.5 Å². The number of carbonyl (C=O) groups excluding carboxylic acids is 1. The molecule has 0 radical (unpaired) electrons. The first-order valence-corrected chi connectivity index (χ1v) is 23.2. The standard InChI is InChI=1S/C48H50N6O8S/c55-48(52-63(58,59)39-17-19-42(44(29-39)54(56)57)50-30-32-21-25-60-26-22-32)41-18-14-34(28-46(41)62-38-27-35-20-23-49-47(35)51-31-38)33-12-15-36(16-13-33)53-24-6-10-43(53)40-9-4-5-11-45(40)61-37-7-2-1-3-8-37/h1-5,7-9,11,14,17-20,23,27-29,31-33,36,43,50H,6,10,12-13,15-16,21-22,24-26,30H2,(H,49,51)(H,52,55). The van der Waals surface area contributed by atoms with E-state index in [4.69, 9.17) is 14.2 Å². The van der Waals surface area contributed by atoms with Crippen LogP contribution in [0.3, 0.4) is 0 Å². The van der Waals surface area contributed by atoms with Crippen molar-refractivity contribution in [2.24, 2.45) is 5.92 Å². The second-order valence-corrected chi connectivity index (χ2v) is 18.3. The molecule has 0 bridgehead atoms. The molecule has 9 rings (SSSR count). The van der Waals surface area contributed by atoms with Crippen LogP contribution in [-0.2, 0) is 14.8 Å². The van der Waals surface area contributed by atoms with E-state index in [2.05, 4.69) is 43.1 Å². The van der Waals surface area contributed by atoms with Gasteiger partial charge in [0.05, 0.1) is 21.6 Å². The molecule has 1 atom stereocenters. The molecule has 2 aliphatic heterocycles. The van der Waals surface area contributed by atoms with E-state index in [1.807, 2.05) is 54.6 Å². The van der Waals surface area contributed by atoms with Crippen LogP contribution in [0, 0.1) is 16.0 Å². The zero-order chi connectivity index (χ0) is 43.3. The number of aromatic amines is 1. The molecule has 63 heavy (non-hydrogen) atoms. The molecular weight excluding hydrogens is 821 g/mol. The maximum absolute atomic E-state index is 14.0. The van der Waals surface area contributed by atoms with Crippen molar-refractivity contribution in [3.05, 3.63) is 142 Å². The number of likely N-dealkylation sites (tertiary alicyclic amines) is 1. The van der Waals surface area contributed by atoms with Crippen molar-refractivity contribution in [3.8, 4) is 23.0 Å². The molecule has 2 saturated heterocycles. The maximum Gasteiger partial charge on any atom is 0.293 e. The molecule has 4 heterocycles. The van der Waals surface area contributed by atoms with Gasteiger partial charge < -0.3 is 24.5 Å². The molecule has 15 heteroatoms. The van der Waals surface area contributed by atoms with Crippen LogP contribution in [0.2, 0.25) is 0 Å². The molecule has 14 nitrogen and oxygen atoms in total. The van der Waals surface area contributed by atoms with E-state index >= 15 is 0 Å². The van der Waals surface area contributed by atoms with E-state index in [1.54, 1.807) is 24.5 Å². The second kappa shape index (κ2) is 18.6. The number of hydrogen-bond acceptors (Lipinski definition) is 11. The van der Waals surface area contributed by atoms with E-state index in [-0.39, 0.29) is 34.9 Å². The second-order valence-electron chi connectivity index (χ2n) is 16.6. The highest BCUT2D eigenvalue weighted by molar-refractivity contribution is 7.90. The van der Waals surface area contributed by atoms with E-state index < -0.39 is 31.4 Å². The first-order chi connectivity index (χ1) is 30.7. The summed E-state index contributed by atoms with van der Waals surface area (Å²) in [4.78, 5) is 35.2. The average molecular weight is 871 g/mol. The number of carbonyl (C=O) groups is 1. The number of sulfonamides is 1. The number of aromatic nitrogens is 2. The minimum atomic E-state index is -4.55. The predicted octanol–water partition coefficient (Wildman–Crippen LogP) is 9.88. The van der Waals surface area contributed by atoms with Gasteiger partial charge in [0.1, 0.15) is 34.3 Å². The summed E-state index contributed by atoms with van der Waals surface area (Å²) in [6, 6.07) is 31.4. The van der Waals surface area contributed by atoms with Crippen molar-refractivity contribution in [1.82, 2.24) is 19.6 Å². The molecule has 1 aliphatic carbocycles. The molecule has 1 unspecified atom stereocenters. The fraction of sp³-hybridized carbons (Fsp3) is 0.333. The summed E-state index contributed by atoms with van der Waals surface area (Å²) in [5, 5.41) is 16.0. The Labute approximate surface area is 366 Å². The number of nitro groups is 1. The Morgan fingerprint density at radius 1 is 0.857 bits per heavy atom. The van der Waals surface area contributed by atoms with E-state index in [9.17, 15) is 23.3 Å². The van der Waals surface area contributed by atoms with Gasteiger partial charge in [0.25, 0.3) is 21.6 Å². The number of fused-ring (bicyclic) bond motifs is 1. The van der Waals surface area contributed by atoms with Crippen LogP contribution in [0.15, 0.2) is 120 Å². The number of pyridine rings is 1. The first kappa shape index (κ1) is 42.0. The van der Waals surface area contributed by atoms with Crippen molar-refractivity contribution in [3.63, 3.8) is 0 Å². The summed E-state index contributed by atoms with van der Waals surface area (Å²) < 4.78 is 47.7. The van der Waals surface area contributed by atoms with Gasteiger partial charge in [-0.2, -0.15) is 0 Å². The molecule has 2 aromatic heterocycles. The number of hydrogen-bond donors (Lipinski definition) is 3. The topological polar surface area (TPSA) is 178 Å². The third-order valence-electron chi connectivity index (χ3n) is 12.7. The number of H-pyrrole nitrogens is 1. The minimum absolute atomic E-state index is 0.00859. The monoisotopic (exact) mass is 870 g/mol. The molecule has 6 aromatic rings. The molecule has 3 aliphatic rings. The minimum Gasteiger partial charge on any atom is -0.457 e. The Balaban J connectivity index is 0.923. The van der Waals surface area contributed by atoms with Crippen molar-refractivity contribution in [1.29, 1.82) is 0 Å². The number of para-hydroxylation sites is 2. The van der Waals surface area contributed by atoms with Gasteiger partial charge in [-0.05, 0) is 130 Å². The van der Waals surface area contributed by atoms with Gasteiger partial charge in [-0.25, -0.2) is 18.1 Å². The summed E-state index contributed by atoms with van der Waals surface area (Å²) >= 11 is 0. The number of benzene rings is 4. The van der Waals surface area contributed by atoms with Gasteiger partial charge in [0.2, 0.25) is 0 Å². The van der Waals surface area contributed by atoms with Gasteiger partial charge in [0, 0.05) is 55.1 Å². The Kier molecular flexibility index (Phi) is 12.4. The van der Waals surface area contributed by atoms with Crippen molar-refractivity contribution in [2.45, 2.75) is 74.3 Å². The Hall–Kier alpha value is -6.29. The number of nitro benzene ring substituents is 1. The van der Waals surface area contributed by atoms with Crippen LogP contribution in [-0.4, -0.2) is 66.5 Å². The number of rotatable bonds is 14. The summed E-state index contributed by atoms with van der Waals surface area (Å²) in [5.74, 6) is 1.77. The van der Waals surface area contributed by atoms with E-state index in [0.717, 1.165) is 86.4 Å².